The summed E-state index contributed by atoms with van der Waals surface area (Å²) in [5.41, 5.74) is 8.22. The molecule has 14 atom stereocenters. The van der Waals surface area contributed by atoms with Crippen molar-refractivity contribution in [1.29, 1.82) is 0 Å². The molecule has 3 fully saturated rings. The van der Waals surface area contributed by atoms with E-state index in [1.54, 1.807) is 13.8 Å². The molecule has 13 nitrogen and oxygen atoms in total. The molecule has 13 heteroatoms. The van der Waals surface area contributed by atoms with Gasteiger partial charge in [0.05, 0.1) is 18.3 Å². The molecule has 1 aromatic rings. The molecule has 4 aliphatic rings. The minimum atomic E-state index is -2.50. The van der Waals surface area contributed by atoms with Gasteiger partial charge in [0.15, 0.2) is 0 Å². The highest BCUT2D eigenvalue weighted by Gasteiger charge is 2.56. The number of carbonyl (C=O) groups is 4. The smallest absolute Gasteiger partial charge is 0.329 e. The molecule has 1 saturated carbocycles. The molecule has 14 unspecified atom stereocenters. The normalized spacial score (nSPS) is 38.1. The number of piperidine rings is 1. The van der Waals surface area contributed by atoms with Crippen molar-refractivity contribution in [1.82, 2.24) is 4.90 Å². The lowest BCUT2D eigenvalue weighted by atomic mass is 9.81. The zero-order valence-corrected chi connectivity index (χ0v) is 37.6. The van der Waals surface area contributed by atoms with Crippen molar-refractivity contribution in [3.8, 4) is 5.75 Å². The number of benzene rings is 1. The van der Waals surface area contributed by atoms with Gasteiger partial charge >= 0.3 is 5.97 Å². The molecule has 340 valence electrons. The van der Waals surface area contributed by atoms with Gasteiger partial charge in [-0.05, 0) is 108 Å². The van der Waals surface area contributed by atoms with Crippen molar-refractivity contribution in [2.24, 2.45) is 35.3 Å². The molecule has 3 heterocycles. The molecule has 0 spiro atoms. The van der Waals surface area contributed by atoms with Crippen molar-refractivity contribution in [3.05, 3.63) is 53.6 Å². The molecule has 2 saturated heterocycles. The van der Waals surface area contributed by atoms with Crippen molar-refractivity contribution >= 4 is 23.4 Å². The van der Waals surface area contributed by atoms with Gasteiger partial charge in [0.2, 0.25) is 5.79 Å². The molecular weight excluding hydrogens is 781 g/mol. The number of cyclic esters (lactones) is 1. The van der Waals surface area contributed by atoms with Crippen molar-refractivity contribution in [2.45, 2.75) is 167 Å². The number of ketones is 2. The van der Waals surface area contributed by atoms with E-state index in [0.717, 1.165) is 17.7 Å². The second-order valence-electron chi connectivity index (χ2n) is 18.4. The molecule has 4 N–H and O–H groups in total. The Morgan fingerprint density at radius 3 is 2.31 bits per heavy atom. The lowest BCUT2D eigenvalue weighted by Crippen LogP contribution is -2.64. The third-order valence-corrected chi connectivity index (χ3v) is 13.7. The van der Waals surface area contributed by atoms with Crippen molar-refractivity contribution in [3.63, 3.8) is 0 Å². The van der Waals surface area contributed by atoms with Gasteiger partial charge in [-0.25, -0.2) is 4.79 Å². The molecule has 3 aliphatic heterocycles. The highest BCUT2D eigenvalue weighted by molar-refractivity contribution is 6.39. The Hall–Kier alpha value is -3.46. The largest absolute Gasteiger partial charge is 0.489 e. The third-order valence-electron chi connectivity index (χ3n) is 13.7. The number of methoxy groups -OCH3 is 2. The SMILES string of the molecule is CCC1C=C(C)CC(C)CC(OC)C2OC(O)(C(=O)C(=O)N3CCCCC3C(=O)OC(C(C)=CC3CCC(N)C(Oc4ccccc4)C3)C(C)C(O)CC1=O)C(C)CC2OC. The van der Waals surface area contributed by atoms with Crippen LogP contribution in [0.5, 0.6) is 5.75 Å². The Morgan fingerprint density at radius 1 is 0.951 bits per heavy atom. The van der Waals surface area contributed by atoms with Crippen LogP contribution in [-0.2, 0) is 38.1 Å². The molecule has 61 heavy (non-hydrogen) atoms. The Labute approximate surface area is 362 Å². The van der Waals surface area contributed by atoms with Crippen molar-refractivity contribution in [2.75, 3.05) is 20.8 Å². The average molecular weight is 853 g/mol. The van der Waals surface area contributed by atoms with Crippen LogP contribution in [0.2, 0.25) is 0 Å². The number of carbonyl (C=O) groups excluding carboxylic acids is 4. The number of nitrogens with two attached hydrogens (primary N) is 1. The number of fused-ring (bicyclic) bond motifs is 3. The molecule has 0 radical (unpaired) electrons. The van der Waals surface area contributed by atoms with E-state index in [0.29, 0.717) is 50.5 Å². The minimum Gasteiger partial charge on any atom is -0.489 e. The van der Waals surface area contributed by atoms with Gasteiger partial charge in [0.1, 0.15) is 35.9 Å². The van der Waals surface area contributed by atoms with Crippen LogP contribution >= 0.6 is 0 Å². The topological polar surface area (TPSA) is 184 Å². The van der Waals surface area contributed by atoms with E-state index in [-0.39, 0.29) is 55.6 Å². The Morgan fingerprint density at radius 2 is 1.64 bits per heavy atom. The summed E-state index contributed by atoms with van der Waals surface area (Å²) in [4.78, 5) is 58.2. The summed E-state index contributed by atoms with van der Waals surface area (Å²) in [5, 5.41) is 23.9. The quantitative estimate of drug-likeness (QED) is 0.169. The van der Waals surface area contributed by atoms with E-state index < -0.39 is 77.8 Å². The maximum atomic E-state index is 14.5. The van der Waals surface area contributed by atoms with Crippen LogP contribution in [0.4, 0.5) is 0 Å². The number of Topliss-reactive ketones (excluding diaryl/α,β-unsaturated/α-hetero) is 2. The van der Waals surface area contributed by atoms with E-state index in [1.165, 1.54) is 19.1 Å². The predicted octanol–water partition coefficient (Wildman–Crippen LogP) is 5.87. The molecule has 1 aliphatic carbocycles. The first-order valence-electron chi connectivity index (χ1n) is 22.6. The first-order chi connectivity index (χ1) is 29.0. The lowest BCUT2D eigenvalue weighted by molar-refractivity contribution is -0.302. The maximum Gasteiger partial charge on any atom is 0.329 e. The molecule has 1 aromatic carbocycles. The summed E-state index contributed by atoms with van der Waals surface area (Å²) < 4.78 is 30.7. The fourth-order valence-electron chi connectivity index (χ4n) is 9.99. The predicted molar refractivity (Wildman–Crippen MR) is 230 cm³/mol. The summed E-state index contributed by atoms with van der Waals surface area (Å²) in [5.74, 6) is -6.72. The maximum absolute atomic E-state index is 14.5. The number of nitrogens with zero attached hydrogens (tertiary/aromatic N) is 1. The van der Waals surface area contributed by atoms with E-state index in [1.807, 2.05) is 57.2 Å². The van der Waals surface area contributed by atoms with E-state index in [2.05, 4.69) is 13.0 Å². The van der Waals surface area contributed by atoms with Crippen LogP contribution in [0, 0.1) is 29.6 Å². The second-order valence-corrected chi connectivity index (χ2v) is 18.4. The van der Waals surface area contributed by atoms with Gasteiger partial charge in [-0.3, -0.25) is 14.4 Å². The fraction of sp³-hybridized carbons (Fsp3) is 0.708. The second kappa shape index (κ2) is 21.8. The van der Waals surface area contributed by atoms with E-state index in [4.69, 9.17) is 29.4 Å². The Balaban J connectivity index is 1.51. The summed E-state index contributed by atoms with van der Waals surface area (Å²) in [6.07, 6.45) is 4.83. The summed E-state index contributed by atoms with van der Waals surface area (Å²) in [7, 11) is 3.08. The first-order valence-corrected chi connectivity index (χ1v) is 22.6. The minimum absolute atomic E-state index is 0.0196. The van der Waals surface area contributed by atoms with Gasteiger partial charge in [-0.2, -0.15) is 0 Å². The van der Waals surface area contributed by atoms with Crippen LogP contribution in [0.1, 0.15) is 112 Å². The first kappa shape index (κ1) is 48.6. The van der Waals surface area contributed by atoms with Gasteiger partial charge < -0.3 is 44.5 Å². The molecule has 1 amide bonds. The fourth-order valence-corrected chi connectivity index (χ4v) is 9.99. The van der Waals surface area contributed by atoms with Crippen LogP contribution < -0.4 is 10.5 Å². The summed E-state index contributed by atoms with van der Waals surface area (Å²) in [6.45, 7) is 11.4. The van der Waals surface area contributed by atoms with Crippen molar-refractivity contribution < 1.29 is 53.1 Å². The average Bonchev–Trinajstić information content (AvgIpc) is 3.24. The summed E-state index contributed by atoms with van der Waals surface area (Å²) >= 11 is 0. The van der Waals surface area contributed by atoms with Gasteiger partial charge in [-0.15, -0.1) is 0 Å². The number of aliphatic hydroxyl groups excluding tert-OH is 1. The monoisotopic (exact) mass is 853 g/mol. The standard InChI is InChI=1S/C48H72N2O11/c1-9-34-22-28(2)21-29(3)23-41(57-7)44-42(58-8)25-31(5)48(56,61-44)45(53)46(54)50-20-14-13-17-37(50)47(55)60-43(32(6)38(51)27-39(34)52)30(4)24-33-18-19-36(49)40(26-33)59-35-15-11-10-12-16-35/h10-12,15-16,22,24,29,31-34,36-38,40-44,51,56H,9,13-14,17-21,23,25-27,49H2,1-8H3. The number of hydrogen-bond acceptors (Lipinski definition) is 12. The highest BCUT2D eigenvalue weighted by Crippen LogP contribution is 2.39. The molecule has 5 rings (SSSR count). The lowest BCUT2D eigenvalue weighted by Gasteiger charge is -2.47. The van der Waals surface area contributed by atoms with E-state index >= 15 is 0 Å². The highest BCUT2D eigenvalue weighted by atomic mass is 16.7. The van der Waals surface area contributed by atoms with Crippen LogP contribution in [0.3, 0.4) is 0 Å². The van der Waals surface area contributed by atoms with Crippen LogP contribution in [-0.4, -0.2) is 114 Å². The van der Waals surface area contributed by atoms with Gasteiger partial charge in [0, 0.05) is 51.0 Å². The van der Waals surface area contributed by atoms with Crippen LogP contribution in [0.15, 0.2) is 53.6 Å². The zero-order chi connectivity index (χ0) is 44.6. The summed E-state index contributed by atoms with van der Waals surface area (Å²) in [6, 6.07) is 8.24. The van der Waals surface area contributed by atoms with Crippen LogP contribution in [0.25, 0.3) is 0 Å². The number of ether oxygens (including phenoxy) is 5. The number of allylic oxidation sites excluding steroid dienone is 3. The number of aliphatic hydroxyl groups is 2. The Kier molecular flexibility index (Phi) is 17.3. The Bertz CT molecular complexity index is 1720. The number of hydrogen-bond donors (Lipinski definition) is 3. The molecule has 2 bridgehead atoms. The van der Waals surface area contributed by atoms with E-state index in [9.17, 15) is 29.4 Å². The molecular formula is C48H72N2O11. The number of esters is 1. The number of rotatable bonds is 7. The van der Waals surface area contributed by atoms with Gasteiger partial charge in [-0.1, -0.05) is 63.6 Å². The van der Waals surface area contributed by atoms with Gasteiger partial charge in [0.25, 0.3) is 11.7 Å². The number of amides is 1. The molecule has 0 aromatic heterocycles. The zero-order valence-electron chi connectivity index (χ0n) is 37.6. The number of para-hydroxylation sites is 1. The third kappa shape index (κ3) is 11.8.